The van der Waals surface area contributed by atoms with Gasteiger partial charge in [-0.1, -0.05) is 12.2 Å². The van der Waals surface area contributed by atoms with E-state index in [-0.39, 0.29) is 5.60 Å². The highest BCUT2D eigenvalue weighted by Gasteiger charge is 2.18. The molecule has 0 aromatic heterocycles. The Morgan fingerprint density at radius 1 is 1.08 bits per heavy atom. The molecule has 1 aliphatic carbocycles. The summed E-state index contributed by atoms with van der Waals surface area (Å²) < 4.78 is 5.98. The van der Waals surface area contributed by atoms with E-state index in [4.69, 9.17) is 4.74 Å². The van der Waals surface area contributed by atoms with E-state index in [0.29, 0.717) is 6.10 Å². The molecule has 0 spiro atoms. The summed E-state index contributed by atoms with van der Waals surface area (Å²) in [6.07, 6.45) is 11.2. The van der Waals surface area contributed by atoms with E-state index >= 15 is 0 Å². The summed E-state index contributed by atoms with van der Waals surface area (Å²) in [6, 6.07) is 0. The highest BCUT2D eigenvalue weighted by atomic mass is 16.5. The van der Waals surface area contributed by atoms with Crippen molar-refractivity contribution < 1.29 is 4.74 Å². The van der Waals surface area contributed by atoms with Crippen molar-refractivity contribution in [3.05, 3.63) is 12.2 Å². The summed E-state index contributed by atoms with van der Waals surface area (Å²) >= 11 is 0. The zero-order chi connectivity index (χ0) is 9.73. The van der Waals surface area contributed by atoms with Crippen molar-refractivity contribution in [3.63, 3.8) is 0 Å². The third-order valence-corrected chi connectivity index (χ3v) is 2.24. The predicted molar refractivity (Wildman–Crippen MR) is 56.9 cm³/mol. The van der Waals surface area contributed by atoms with Gasteiger partial charge in [-0.25, -0.2) is 0 Å². The summed E-state index contributed by atoms with van der Waals surface area (Å²) in [7, 11) is 0. The lowest BCUT2D eigenvalue weighted by molar-refractivity contribution is -0.0665. The van der Waals surface area contributed by atoms with Crippen LogP contribution in [0, 0.1) is 0 Å². The van der Waals surface area contributed by atoms with Crippen molar-refractivity contribution in [2.45, 2.75) is 64.6 Å². The summed E-state index contributed by atoms with van der Waals surface area (Å²) in [5, 5.41) is 0. The van der Waals surface area contributed by atoms with Crippen molar-refractivity contribution in [2.75, 3.05) is 0 Å². The van der Waals surface area contributed by atoms with E-state index in [0.717, 1.165) is 0 Å². The van der Waals surface area contributed by atoms with Gasteiger partial charge in [-0.05, 0) is 52.9 Å². The average Bonchev–Trinajstić information content (AvgIpc) is 1.92. The first kappa shape index (κ1) is 10.8. The molecule has 0 bridgehead atoms. The number of ether oxygens (including phenoxy) is 1. The molecule has 0 saturated carbocycles. The van der Waals surface area contributed by atoms with Crippen LogP contribution in [0.5, 0.6) is 0 Å². The molecule has 13 heavy (non-hydrogen) atoms. The molecule has 0 heterocycles. The van der Waals surface area contributed by atoms with E-state index in [1.807, 2.05) is 0 Å². The standard InChI is InChI=1S/C12H22O/c1-12(2,3)13-11-9-7-5-4-6-8-10-11/h4-5,11H,6-10H2,1-3H3/b5-4+. The summed E-state index contributed by atoms with van der Waals surface area (Å²) in [5.74, 6) is 0. The number of hydrogen-bond donors (Lipinski definition) is 0. The van der Waals surface area contributed by atoms with Crippen molar-refractivity contribution >= 4 is 0 Å². The van der Waals surface area contributed by atoms with Gasteiger partial charge in [0.1, 0.15) is 0 Å². The average molecular weight is 182 g/mol. The van der Waals surface area contributed by atoms with Crippen molar-refractivity contribution in [2.24, 2.45) is 0 Å². The minimum atomic E-state index is 0.0214. The van der Waals surface area contributed by atoms with Gasteiger partial charge in [-0.2, -0.15) is 0 Å². The fourth-order valence-corrected chi connectivity index (χ4v) is 1.74. The van der Waals surface area contributed by atoms with Crippen LogP contribution < -0.4 is 0 Å². The molecule has 0 amide bonds. The first-order valence-corrected chi connectivity index (χ1v) is 5.41. The van der Waals surface area contributed by atoms with Crippen molar-refractivity contribution in [1.82, 2.24) is 0 Å². The van der Waals surface area contributed by atoms with Gasteiger partial charge in [-0.15, -0.1) is 0 Å². The Labute approximate surface area is 82.2 Å². The van der Waals surface area contributed by atoms with Gasteiger partial charge in [0, 0.05) is 0 Å². The van der Waals surface area contributed by atoms with Gasteiger partial charge in [0.2, 0.25) is 0 Å². The van der Waals surface area contributed by atoms with E-state index in [1.54, 1.807) is 0 Å². The maximum absolute atomic E-state index is 5.98. The second kappa shape index (κ2) is 4.80. The van der Waals surface area contributed by atoms with Gasteiger partial charge in [0.05, 0.1) is 11.7 Å². The van der Waals surface area contributed by atoms with Crippen LogP contribution in [0.15, 0.2) is 12.2 Å². The van der Waals surface area contributed by atoms with E-state index < -0.39 is 0 Å². The van der Waals surface area contributed by atoms with Crippen LogP contribution in [0.3, 0.4) is 0 Å². The third kappa shape index (κ3) is 5.09. The van der Waals surface area contributed by atoms with Crippen LogP contribution in [0.1, 0.15) is 52.9 Å². The minimum Gasteiger partial charge on any atom is -0.373 e. The Morgan fingerprint density at radius 3 is 2.46 bits per heavy atom. The lowest BCUT2D eigenvalue weighted by Crippen LogP contribution is -2.27. The lowest BCUT2D eigenvalue weighted by atomic mass is 10.0. The van der Waals surface area contributed by atoms with Crippen LogP contribution in [-0.4, -0.2) is 11.7 Å². The van der Waals surface area contributed by atoms with Gasteiger partial charge < -0.3 is 4.74 Å². The molecular formula is C12H22O. The summed E-state index contributed by atoms with van der Waals surface area (Å²) in [4.78, 5) is 0. The monoisotopic (exact) mass is 182 g/mol. The Kier molecular flexibility index (Phi) is 3.98. The molecule has 0 aromatic carbocycles. The van der Waals surface area contributed by atoms with Gasteiger partial charge in [-0.3, -0.25) is 0 Å². The molecule has 1 atom stereocenters. The highest BCUT2D eigenvalue weighted by molar-refractivity contribution is 4.85. The molecule has 1 unspecified atom stereocenters. The van der Waals surface area contributed by atoms with E-state index in [9.17, 15) is 0 Å². The Hall–Kier alpha value is -0.300. The van der Waals surface area contributed by atoms with Crippen LogP contribution >= 0.6 is 0 Å². The minimum absolute atomic E-state index is 0.0214. The fraction of sp³-hybridized carbons (Fsp3) is 0.833. The fourth-order valence-electron chi connectivity index (χ4n) is 1.74. The quantitative estimate of drug-likeness (QED) is 0.562. The maximum Gasteiger partial charge on any atom is 0.0602 e. The lowest BCUT2D eigenvalue weighted by Gasteiger charge is -2.28. The normalized spacial score (nSPS) is 27.8. The van der Waals surface area contributed by atoms with Gasteiger partial charge >= 0.3 is 0 Å². The molecule has 0 radical (unpaired) electrons. The molecule has 1 nitrogen and oxygen atoms in total. The van der Waals surface area contributed by atoms with Crippen LogP contribution in [0.4, 0.5) is 0 Å². The zero-order valence-electron chi connectivity index (χ0n) is 9.18. The Morgan fingerprint density at radius 2 is 1.77 bits per heavy atom. The predicted octanol–water partition coefficient (Wildman–Crippen LogP) is 3.69. The summed E-state index contributed by atoms with van der Waals surface area (Å²) in [6.45, 7) is 6.42. The first-order chi connectivity index (χ1) is 6.08. The molecule has 0 aromatic rings. The smallest absolute Gasteiger partial charge is 0.0602 e. The largest absolute Gasteiger partial charge is 0.373 e. The molecular weight excluding hydrogens is 160 g/mol. The third-order valence-electron chi connectivity index (χ3n) is 2.24. The first-order valence-electron chi connectivity index (χ1n) is 5.41. The molecule has 1 heteroatoms. The Balaban J connectivity index is 2.36. The molecule has 76 valence electrons. The van der Waals surface area contributed by atoms with Crippen LogP contribution in [0.2, 0.25) is 0 Å². The highest BCUT2D eigenvalue weighted by Crippen LogP contribution is 2.20. The Bertz CT molecular complexity index is 164. The molecule has 1 aliphatic rings. The van der Waals surface area contributed by atoms with Crippen LogP contribution in [-0.2, 0) is 4.74 Å². The molecule has 0 N–H and O–H groups in total. The number of hydrogen-bond acceptors (Lipinski definition) is 1. The molecule has 1 rings (SSSR count). The molecule has 0 fully saturated rings. The SMILES string of the molecule is CC(C)(C)OC1CC/C=C/CCC1. The zero-order valence-corrected chi connectivity index (χ0v) is 9.18. The van der Waals surface area contributed by atoms with Crippen LogP contribution in [0.25, 0.3) is 0 Å². The van der Waals surface area contributed by atoms with E-state index in [1.165, 1.54) is 32.1 Å². The molecule has 0 saturated heterocycles. The van der Waals surface area contributed by atoms with Gasteiger partial charge in [0.25, 0.3) is 0 Å². The van der Waals surface area contributed by atoms with E-state index in [2.05, 4.69) is 32.9 Å². The topological polar surface area (TPSA) is 9.23 Å². The van der Waals surface area contributed by atoms with Crippen molar-refractivity contribution in [3.8, 4) is 0 Å². The second-order valence-corrected chi connectivity index (χ2v) is 4.83. The second-order valence-electron chi connectivity index (χ2n) is 4.83. The maximum atomic E-state index is 5.98. The summed E-state index contributed by atoms with van der Waals surface area (Å²) in [5.41, 5.74) is 0.0214. The van der Waals surface area contributed by atoms with Gasteiger partial charge in [0.15, 0.2) is 0 Å². The molecule has 0 aliphatic heterocycles. The number of rotatable bonds is 1. The number of allylic oxidation sites excluding steroid dienone is 2. The van der Waals surface area contributed by atoms with Crippen molar-refractivity contribution in [1.29, 1.82) is 0 Å².